The Morgan fingerprint density at radius 2 is 2.00 bits per heavy atom. The maximum atomic E-state index is 12.2. The monoisotopic (exact) mass is 386 g/mol. The highest BCUT2D eigenvalue weighted by molar-refractivity contribution is 7.92. The number of sulfone groups is 1. The second-order valence-electron chi connectivity index (χ2n) is 7.45. The number of hydrogen-bond acceptors (Lipinski definition) is 5. The van der Waals surface area contributed by atoms with Crippen LogP contribution in [0.4, 0.5) is 0 Å². The van der Waals surface area contributed by atoms with Crippen LogP contribution in [0.2, 0.25) is 0 Å². The number of guanidine groups is 1. The zero-order valence-corrected chi connectivity index (χ0v) is 17.6. The summed E-state index contributed by atoms with van der Waals surface area (Å²) in [5.41, 5.74) is 1.26. The first-order valence-corrected chi connectivity index (χ1v) is 11.2. The van der Waals surface area contributed by atoms with Crippen molar-refractivity contribution in [1.29, 1.82) is 0 Å². The van der Waals surface area contributed by atoms with Crippen molar-refractivity contribution in [2.45, 2.75) is 57.7 Å². The zero-order valence-electron chi connectivity index (χ0n) is 15.9. The Bertz CT molecular complexity index is 694. The minimum atomic E-state index is -3.13. The number of nitrogens with one attached hydrogen (secondary N) is 1. The van der Waals surface area contributed by atoms with Gasteiger partial charge in [0, 0.05) is 25.5 Å². The maximum Gasteiger partial charge on any atom is 0.193 e. The predicted molar refractivity (Wildman–Crippen MR) is 105 cm³/mol. The zero-order chi connectivity index (χ0) is 18.7. The molecule has 0 radical (unpaired) electrons. The second-order valence-corrected chi connectivity index (χ2v) is 11.5. The van der Waals surface area contributed by atoms with Crippen LogP contribution in [-0.4, -0.2) is 55.4 Å². The SMILES string of the molecule is CN=C(NCCS(=O)(=O)C(C)(C)C)N(C)Cc1nc2c(s1)CCCC2. The molecule has 1 N–H and O–H groups in total. The van der Waals surface area contributed by atoms with Gasteiger partial charge in [-0.05, 0) is 46.5 Å². The van der Waals surface area contributed by atoms with Crippen LogP contribution in [0.5, 0.6) is 0 Å². The van der Waals surface area contributed by atoms with E-state index in [1.54, 1.807) is 39.2 Å². The Labute approximate surface area is 155 Å². The third-order valence-corrected chi connectivity index (χ3v) is 8.17. The summed E-state index contributed by atoms with van der Waals surface area (Å²) >= 11 is 1.79. The number of aromatic nitrogens is 1. The van der Waals surface area contributed by atoms with E-state index in [9.17, 15) is 8.42 Å². The topological polar surface area (TPSA) is 74.7 Å². The Morgan fingerprint density at radius 1 is 1.32 bits per heavy atom. The molecule has 0 atom stereocenters. The van der Waals surface area contributed by atoms with Crippen LogP contribution in [0.1, 0.15) is 49.2 Å². The highest BCUT2D eigenvalue weighted by Crippen LogP contribution is 2.27. The molecule has 0 amide bonds. The van der Waals surface area contributed by atoms with Crippen molar-refractivity contribution in [3.63, 3.8) is 0 Å². The number of rotatable bonds is 5. The molecule has 0 fully saturated rings. The van der Waals surface area contributed by atoms with Crippen molar-refractivity contribution in [3.8, 4) is 0 Å². The van der Waals surface area contributed by atoms with E-state index in [4.69, 9.17) is 4.98 Å². The highest BCUT2D eigenvalue weighted by Gasteiger charge is 2.28. The molecule has 1 heterocycles. The third-order valence-electron chi connectivity index (χ3n) is 4.42. The van der Waals surface area contributed by atoms with Crippen molar-refractivity contribution in [2.24, 2.45) is 4.99 Å². The van der Waals surface area contributed by atoms with Crippen LogP contribution in [0.3, 0.4) is 0 Å². The largest absolute Gasteiger partial charge is 0.355 e. The van der Waals surface area contributed by atoms with Gasteiger partial charge in [-0.25, -0.2) is 13.4 Å². The molecule has 0 saturated carbocycles. The molecular weight excluding hydrogens is 356 g/mol. The molecule has 0 aromatic carbocycles. The van der Waals surface area contributed by atoms with E-state index in [1.165, 1.54) is 23.4 Å². The number of fused-ring (bicyclic) bond motifs is 1. The Hall–Kier alpha value is -1.15. The highest BCUT2D eigenvalue weighted by atomic mass is 32.2. The van der Waals surface area contributed by atoms with Gasteiger partial charge in [0.05, 0.1) is 22.7 Å². The van der Waals surface area contributed by atoms with Gasteiger partial charge in [-0.2, -0.15) is 0 Å². The van der Waals surface area contributed by atoms with Gasteiger partial charge in [-0.3, -0.25) is 4.99 Å². The van der Waals surface area contributed by atoms with Gasteiger partial charge in [0.1, 0.15) is 5.01 Å². The van der Waals surface area contributed by atoms with Gasteiger partial charge < -0.3 is 10.2 Å². The van der Waals surface area contributed by atoms with Crippen molar-refractivity contribution >= 4 is 27.1 Å². The van der Waals surface area contributed by atoms with E-state index >= 15 is 0 Å². The molecule has 2 rings (SSSR count). The van der Waals surface area contributed by atoms with Crippen molar-refractivity contribution < 1.29 is 8.42 Å². The molecule has 0 spiro atoms. The van der Waals surface area contributed by atoms with Crippen LogP contribution >= 0.6 is 11.3 Å². The third kappa shape index (κ3) is 5.17. The average molecular weight is 387 g/mol. The quantitative estimate of drug-likeness (QED) is 0.620. The Morgan fingerprint density at radius 3 is 2.60 bits per heavy atom. The lowest BCUT2D eigenvalue weighted by atomic mass is 10.0. The number of hydrogen-bond donors (Lipinski definition) is 1. The summed E-state index contributed by atoms with van der Waals surface area (Å²) in [5.74, 6) is 0.784. The van der Waals surface area contributed by atoms with E-state index in [0.717, 1.165) is 17.8 Å². The Balaban J connectivity index is 1.91. The van der Waals surface area contributed by atoms with Gasteiger partial charge in [0.15, 0.2) is 15.8 Å². The molecule has 142 valence electrons. The standard InChI is InChI=1S/C17H30N4O2S2/c1-17(2,3)25(22,23)11-10-19-16(18-4)21(5)12-15-20-13-8-6-7-9-14(13)24-15/h6-12H2,1-5H3,(H,18,19). The number of aryl methyl sites for hydroxylation is 2. The molecule has 1 aromatic heterocycles. The fraction of sp³-hybridized carbons (Fsp3) is 0.765. The Kier molecular flexibility index (Phi) is 6.48. The van der Waals surface area contributed by atoms with Crippen LogP contribution in [0.25, 0.3) is 0 Å². The molecule has 0 bridgehead atoms. The maximum absolute atomic E-state index is 12.2. The van der Waals surface area contributed by atoms with E-state index in [2.05, 4.69) is 10.3 Å². The first kappa shape index (κ1) is 20.2. The van der Waals surface area contributed by atoms with Crippen LogP contribution in [0, 0.1) is 0 Å². The first-order chi connectivity index (χ1) is 11.6. The summed E-state index contributed by atoms with van der Waals surface area (Å²) in [4.78, 5) is 12.4. The van der Waals surface area contributed by atoms with Crippen molar-refractivity contribution in [1.82, 2.24) is 15.2 Å². The lowest BCUT2D eigenvalue weighted by Crippen LogP contribution is -2.42. The van der Waals surface area contributed by atoms with Crippen molar-refractivity contribution in [2.75, 3.05) is 26.4 Å². The van der Waals surface area contributed by atoms with Crippen molar-refractivity contribution in [3.05, 3.63) is 15.6 Å². The fourth-order valence-electron chi connectivity index (χ4n) is 2.74. The molecule has 0 aliphatic heterocycles. The van der Waals surface area contributed by atoms with Crippen LogP contribution in [0.15, 0.2) is 4.99 Å². The fourth-order valence-corrected chi connectivity index (χ4v) is 4.93. The number of aliphatic imine (C=N–C) groups is 1. The summed E-state index contributed by atoms with van der Waals surface area (Å²) in [7, 11) is 0.530. The number of thiazole rings is 1. The van der Waals surface area contributed by atoms with Gasteiger partial charge >= 0.3 is 0 Å². The van der Waals surface area contributed by atoms with Gasteiger partial charge in [-0.1, -0.05) is 0 Å². The summed E-state index contributed by atoms with van der Waals surface area (Å²) in [6.45, 7) is 6.23. The predicted octanol–water partition coefficient (Wildman–Crippen LogP) is 2.24. The lowest BCUT2D eigenvalue weighted by Gasteiger charge is -2.23. The molecule has 0 unspecified atom stereocenters. The van der Waals surface area contributed by atoms with Crippen LogP contribution in [-0.2, 0) is 29.2 Å². The second kappa shape index (κ2) is 8.03. The average Bonchev–Trinajstić information content (AvgIpc) is 2.92. The summed E-state index contributed by atoms with van der Waals surface area (Å²) in [5, 5.41) is 4.25. The molecule has 25 heavy (non-hydrogen) atoms. The molecule has 0 saturated heterocycles. The molecule has 8 heteroatoms. The van der Waals surface area contributed by atoms with Gasteiger partial charge in [-0.15, -0.1) is 11.3 Å². The van der Waals surface area contributed by atoms with E-state index in [0.29, 0.717) is 19.0 Å². The molecular formula is C17H30N4O2S2. The van der Waals surface area contributed by atoms with Gasteiger partial charge in [0.25, 0.3) is 0 Å². The molecule has 1 aliphatic rings. The normalized spacial score (nSPS) is 15.8. The first-order valence-electron chi connectivity index (χ1n) is 8.75. The molecule has 1 aromatic rings. The summed E-state index contributed by atoms with van der Waals surface area (Å²) in [6, 6.07) is 0. The number of nitrogens with zero attached hydrogens (tertiary/aromatic N) is 3. The minimum Gasteiger partial charge on any atom is -0.355 e. The smallest absolute Gasteiger partial charge is 0.193 e. The van der Waals surface area contributed by atoms with E-state index in [-0.39, 0.29) is 5.75 Å². The lowest BCUT2D eigenvalue weighted by molar-refractivity contribution is 0.476. The van der Waals surface area contributed by atoms with Gasteiger partial charge in [0.2, 0.25) is 0 Å². The summed E-state index contributed by atoms with van der Waals surface area (Å²) in [6.07, 6.45) is 4.73. The molecule has 6 nitrogen and oxygen atoms in total. The molecule has 1 aliphatic carbocycles. The van der Waals surface area contributed by atoms with E-state index in [1.807, 2.05) is 11.9 Å². The van der Waals surface area contributed by atoms with E-state index < -0.39 is 14.6 Å². The summed E-state index contributed by atoms with van der Waals surface area (Å²) < 4.78 is 23.7. The minimum absolute atomic E-state index is 0.0922. The van der Waals surface area contributed by atoms with Crippen LogP contribution < -0.4 is 5.32 Å².